The van der Waals surface area contributed by atoms with Gasteiger partial charge in [-0.25, -0.2) is 4.68 Å². The molecular weight excluding hydrogens is 288 g/mol. The van der Waals surface area contributed by atoms with Crippen LogP contribution in [0.3, 0.4) is 0 Å². The van der Waals surface area contributed by atoms with Crippen molar-refractivity contribution in [2.75, 3.05) is 5.73 Å². The van der Waals surface area contributed by atoms with Crippen molar-refractivity contribution in [3.63, 3.8) is 0 Å². The molecule has 3 rings (SSSR count). The van der Waals surface area contributed by atoms with Crippen LogP contribution in [0.4, 0.5) is 5.00 Å². The lowest BCUT2D eigenvalue weighted by molar-refractivity contribution is 0.100. The van der Waals surface area contributed by atoms with Crippen LogP contribution in [0.1, 0.15) is 16.1 Å². The van der Waals surface area contributed by atoms with Gasteiger partial charge in [-0.2, -0.15) is 5.10 Å². The number of anilines is 1. The van der Waals surface area contributed by atoms with Crippen LogP contribution in [-0.4, -0.2) is 15.7 Å². The highest BCUT2D eigenvalue weighted by atomic mass is 32.1. The van der Waals surface area contributed by atoms with E-state index in [1.54, 1.807) is 4.68 Å². The van der Waals surface area contributed by atoms with E-state index < -0.39 is 5.91 Å². The van der Waals surface area contributed by atoms with E-state index in [4.69, 9.17) is 11.3 Å². The molecule has 0 unspecified atom stereocenters. The van der Waals surface area contributed by atoms with Gasteiger partial charge in [-0.3, -0.25) is 4.79 Å². The minimum Gasteiger partial charge on any atom is -0.390 e. The van der Waals surface area contributed by atoms with E-state index in [0.717, 1.165) is 16.1 Å². The molecule has 0 radical (unpaired) electrons. The summed E-state index contributed by atoms with van der Waals surface area (Å²) in [5, 5.41) is 7.92. The molecule has 0 aliphatic rings. The van der Waals surface area contributed by atoms with Crippen LogP contribution >= 0.6 is 11.3 Å². The molecule has 0 bridgehead atoms. The van der Waals surface area contributed by atoms with E-state index in [1.165, 1.54) is 11.3 Å². The summed E-state index contributed by atoms with van der Waals surface area (Å²) >= 11 is 1.27. The number of para-hydroxylation sites is 1. The summed E-state index contributed by atoms with van der Waals surface area (Å²) in [7, 11) is 0. The number of nitrogens with zero attached hydrogens (tertiary/aromatic N) is 5. The number of nitrogens with two attached hydrogens (primary N) is 1. The number of aryl methyl sites for hydroxylation is 1. The zero-order valence-corrected chi connectivity index (χ0v) is 11.8. The molecule has 1 amide bonds. The molecule has 7 nitrogen and oxygen atoms in total. The first kappa shape index (κ1) is 13.2. The molecule has 2 N–H and O–H groups in total. The van der Waals surface area contributed by atoms with Gasteiger partial charge in [0, 0.05) is 4.91 Å². The number of benzene rings is 1. The van der Waals surface area contributed by atoms with Gasteiger partial charge in [0.2, 0.25) is 0 Å². The fourth-order valence-corrected chi connectivity index (χ4v) is 3.17. The highest BCUT2D eigenvalue weighted by molar-refractivity contribution is 7.23. The van der Waals surface area contributed by atoms with Gasteiger partial charge in [-0.05, 0) is 29.7 Å². The number of rotatable bonds is 2. The van der Waals surface area contributed by atoms with E-state index in [9.17, 15) is 4.79 Å². The van der Waals surface area contributed by atoms with E-state index in [0.29, 0.717) is 10.5 Å². The third-order valence-corrected chi connectivity index (χ3v) is 4.17. The van der Waals surface area contributed by atoms with Crippen molar-refractivity contribution in [2.24, 2.45) is 5.11 Å². The smallest absolute Gasteiger partial charge is 0.254 e. The van der Waals surface area contributed by atoms with Crippen LogP contribution in [0.5, 0.6) is 0 Å². The summed E-state index contributed by atoms with van der Waals surface area (Å²) in [5.41, 5.74) is 16.8. The number of fused-ring (bicyclic) bond motifs is 1. The summed E-state index contributed by atoms with van der Waals surface area (Å²) in [4.78, 5) is 14.5. The predicted molar refractivity (Wildman–Crippen MR) is 81.6 cm³/mol. The molecule has 1 aromatic carbocycles. The Hall–Kier alpha value is -2.83. The lowest BCUT2D eigenvalue weighted by Crippen LogP contribution is -2.03. The van der Waals surface area contributed by atoms with E-state index >= 15 is 0 Å². The molecule has 0 saturated carbocycles. The molecule has 3 aromatic rings. The fraction of sp³-hybridized carbons (Fsp3) is 0.0769. The predicted octanol–water partition coefficient (Wildman–Crippen LogP) is 3.43. The van der Waals surface area contributed by atoms with E-state index in [-0.39, 0.29) is 5.56 Å². The van der Waals surface area contributed by atoms with Crippen molar-refractivity contribution in [3.8, 4) is 5.69 Å². The Morgan fingerprint density at radius 2 is 2.14 bits per heavy atom. The van der Waals surface area contributed by atoms with Gasteiger partial charge in [-0.15, -0.1) is 11.3 Å². The molecule has 0 aliphatic heterocycles. The number of hydrogen-bond donors (Lipinski definition) is 1. The Morgan fingerprint density at radius 3 is 2.81 bits per heavy atom. The zero-order valence-electron chi connectivity index (χ0n) is 11.0. The van der Waals surface area contributed by atoms with Crippen molar-refractivity contribution < 1.29 is 4.79 Å². The van der Waals surface area contributed by atoms with Gasteiger partial charge in [0.1, 0.15) is 0 Å². The summed E-state index contributed by atoms with van der Waals surface area (Å²) in [5.74, 6) is -0.696. The molecule has 104 valence electrons. The van der Waals surface area contributed by atoms with Gasteiger partial charge < -0.3 is 5.73 Å². The first-order valence-corrected chi connectivity index (χ1v) is 6.87. The van der Waals surface area contributed by atoms with Gasteiger partial charge in [0.15, 0.2) is 0 Å². The quantitative estimate of drug-likeness (QED) is 0.444. The number of nitrogen functional groups attached to an aromatic ring is 1. The Balaban J connectivity index is 2.37. The maximum absolute atomic E-state index is 12.0. The topological polar surface area (TPSA) is 110 Å². The molecule has 8 heteroatoms. The third-order valence-electron chi connectivity index (χ3n) is 3.05. The lowest BCUT2D eigenvalue weighted by Gasteiger charge is -2.03. The summed E-state index contributed by atoms with van der Waals surface area (Å²) < 4.78 is 2.46. The summed E-state index contributed by atoms with van der Waals surface area (Å²) in [6.07, 6.45) is 0. The van der Waals surface area contributed by atoms with Crippen LogP contribution in [0, 0.1) is 6.92 Å². The summed E-state index contributed by atoms with van der Waals surface area (Å²) in [6, 6.07) is 9.40. The fourth-order valence-electron chi connectivity index (χ4n) is 2.19. The average molecular weight is 298 g/mol. The van der Waals surface area contributed by atoms with Crippen LogP contribution in [0.2, 0.25) is 0 Å². The van der Waals surface area contributed by atoms with Crippen molar-refractivity contribution in [1.29, 1.82) is 0 Å². The monoisotopic (exact) mass is 298 g/mol. The van der Waals surface area contributed by atoms with Crippen LogP contribution in [0.15, 0.2) is 35.4 Å². The minimum atomic E-state index is -0.696. The number of amides is 1. The molecule has 0 spiro atoms. The van der Waals surface area contributed by atoms with Crippen molar-refractivity contribution in [2.45, 2.75) is 6.92 Å². The highest BCUT2D eigenvalue weighted by Gasteiger charge is 2.23. The highest BCUT2D eigenvalue weighted by Crippen LogP contribution is 2.37. The molecule has 0 saturated heterocycles. The van der Waals surface area contributed by atoms with Crippen molar-refractivity contribution in [3.05, 3.63) is 52.0 Å². The second kappa shape index (κ2) is 4.93. The van der Waals surface area contributed by atoms with Gasteiger partial charge in [0.25, 0.3) is 5.91 Å². The standard InChI is InChI=1S/C13H10N6OS/c1-7-11-10(9(12(14)21-11)13(20)16-18-15)19(17-7)8-5-3-2-4-6-8/h2-6H,14H2,1H3. The molecular formula is C13H10N6OS. The molecule has 2 aromatic heterocycles. The molecule has 0 aliphatic carbocycles. The first-order chi connectivity index (χ1) is 10.1. The molecule has 2 heterocycles. The second-order valence-corrected chi connectivity index (χ2v) is 5.40. The normalized spacial score (nSPS) is 10.5. The van der Waals surface area contributed by atoms with Gasteiger partial charge in [0.05, 0.1) is 32.2 Å². The van der Waals surface area contributed by atoms with Crippen LogP contribution in [0.25, 0.3) is 26.3 Å². The van der Waals surface area contributed by atoms with Gasteiger partial charge >= 0.3 is 0 Å². The van der Waals surface area contributed by atoms with Crippen LogP contribution in [-0.2, 0) is 0 Å². The molecule has 0 fully saturated rings. The average Bonchev–Trinajstić information content (AvgIpc) is 2.97. The largest absolute Gasteiger partial charge is 0.390 e. The second-order valence-electron chi connectivity index (χ2n) is 4.35. The molecule has 0 atom stereocenters. The van der Waals surface area contributed by atoms with E-state index in [1.807, 2.05) is 37.3 Å². The number of azide groups is 1. The molecule has 21 heavy (non-hydrogen) atoms. The number of carbonyl (C=O) groups excluding carboxylic acids is 1. The van der Waals surface area contributed by atoms with Crippen molar-refractivity contribution in [1.82, 2.24) is 9.78 Å². The minimum absolute atomic E-state index is 0.206. The third kappa shape index (κ3) is 2.03. The summed E-state index contributed by atoms with van der Waals surface area (Å²) in [6.45, 7) is 1.85. The lowest BCUT2D eigenvalue weighted by atomic mass is 10.2. The Bertz CT molecular complexity index is 888. The number of carbonyl (C=O) groups is 1. The first-order valence-electron chi connectivity index (χ1n) is 6.06. The number of aromatic nitrogens is 2. The van der Waals surface area contributed by atoms with Crippen LogP contribution < -0.4 is 5.73 Å². The maximum atomic E-state index is 12.0. The van der Waals surface area contributed by atoms with Gasteiger partial charge in [-0.1, -0.05) is 18.2 Å². The Morgan fingerprint density at radius 1 is 1.43 bits per heavy atom. The van der Waals surface area contributed by atoms with E-state index in [2.05, 4.69) is 15.1 Å². The number of thiophene rings is 1. The number of hydrogen-bond acceptors (Lipinski definition) is 4. The SMILES string of the molecule is Cc1nn(-c2ccccc2)c2c(C(=O)N=[N+]=[N-])c(N)sc12. The Labute approximate surface area is 123 Å². The Kier molecular flexibility index (Phi) is 3.09. The maximum Gasteiger partial charge on any atom is 0.254 e. The zero-order chi connectivity index (χ0) is 15.0. The van der Waals surface area contributed by atoms with Crippen molar-refractivity contribution >= 4 is 32.5 Å².